The van der Waals surface area contributed by atoms with Crippen molar-refractivity contribution in [2.24, 2.45) is 11.8 Å². The molecule has 192 valence electrons. The van der Waals surface area contributed by atoms with Crippen molar-refractivity contribution in [3.63, 3.8) is 0 Å². The fourth-order valence-corrected chi connectivity index (χ4v) is 3.62. The Hall–Kier alpha value is -3.20. The van der Waals surface area contributed by atoms with Gasteiger partial charge in [0, 0.05) is 13.0 Å². The summed E-state index contributed by atoms with van der Waals surface area (Å²) in [7, 11) is 0. The number of cyclic esters (lactones) is 1. The van der Waals surface area contributed by atoms with Crippen LogP contribution in [-0.2, 0) is 28.7 Å². The highest BCUT2D eigenvalue weighted by Crippen LogP contribution is 2.22. The maximum Gasteiger partial charge on any atom is 0.309 e. The van der Waals surface area contributed by atoms with Crippen LogP contribution in [-0.4, -0.2) is 54.2 Å². The number of carbonyl (C=O) groups excluding carboxylic acids is 4. The molecule has 0 unspecified atom stereocenters. The molecule has 0 spiro atoms. The SMILES string of the molecule is CC(C)(C)OC(=O)C[C@@H]1C/C=C\C[C@H](CC(=O)NCCO)C(=O)N[C@@H](c2ccccc2)COC1=O. The number of esters is 2. The van der Waals surface area contributed by atoms with Crippen molar-refractivity contribution in [2.45, 2.75) is 58.1 Å². The van der Waals surface area contributed by atoms with Crippen LogP contribution in [0.5, 0.6) is 0 Å². The predicted molar refractivity (Wildman–Crippen MR) is 129 cm³/mol. The van der Waals surface area contributed by atoms with Gasteiger partial charge in [-0.2, -0.15) is 0 Å². The average molecular weight is 489 g/mol. The monoisotopic (exact) mass is 488 g/mol. The highest BCUT2D eigenvalue weighted by molar-refractivity contribution is 5.86. The van der Waals surface area contributed by atoms with E-state index >= 15 is 0 Å². The van der Waals surface area contributed by atoms with Crippen LogP contribution >= 0.6 is 0 Å². The number of nitrogens with one attached hydrogen (secondary N) is 2. The summed E-state index contributed by atoms with van der Waals surface area (Å²) in [5.74, 6) is -3.12. The van der Waals surface area contributed by atoms with Gasteiger partial charge in [0.1, 0.15) is 12.2 Å². The maximum atomic E-state index is 13.1. The van der Waals surface area contributed by atoms with Crippen molar-refractivity contribution >= 4 is 23.8 Å². The van der Waals surface area contributed by atoms with Crippen LogP contribution in [0.15, 0.2) is 42.5 Å². The summed E-state index contributed by atoms with van der Waals surface area (Å²) < 4.78 is 10.9. The van der Waals surface area contributed by atoms with Crippen LogP contribution < -0.4 is 10.6 Å². The number of aliphatic hydroxyl groups is 1. The number of hydrogen-bond acceptors (Lipinski definition) is 7. The number of ether oxygens (including phenoxy) is 2. The first kappa shape index (κ1) is 28.0. The van der Waals surface area contributed by atoms with E-state index in [1.54, 1.807) is 32.9 Å². The number of amides is 2. The standard InChI is InChI=1S/C26H36N2O7/c1-26(2,3)35-23(31)16-20-12-8-7-11-19(15-22(30)27-13-14-29)24(32)28-21(17-34-25(20)33)18-9-5-4-6-10-18/h4-10,19-21,29H,11-17H2,1-3H3,(H,27,30)(H,28,32)/b8-7-/t19-,20+,21-/m1/s1. The Labute approximate surface area is 206 Å². The molecule has 0 saturated heterocycles. The predicted octanol–water partition coefficient (Wildman–Crippen LogP) is 2.20. The van der Waals surface area contributed by atoms with Gasteiger partial charge in [-0.25, -0.2) is 0 Å². The zero-order valence-corrected chi connectivity index (χ0v) is 20.6. The molecular formula is C26H36N2O7. The third-order valence-electron chi connectivity index (χ3n) is 5.32. The molecule has 9 nitrogen and oxygen atoms in total. The van der Waals surface area contributed by atoms with E-state index in [1.807, 2.05) is 30.3 Å². The van der Waals surface area contributed by atoms with E-state index in [0.29, 0.717) is 0 Å². The molecule has 2 rings (SSSR count). The summed E-state index contributed by atoms with van der Waals surface area (Å²) in [4.78, 5) is 50.5. The number of aliphatic hydroxyl groups excluding tert-OH is 1. The Morgan fingerprint density at radius 3 is 2.37 bits per heavy atom. The Morgan fingerprint density at radius 1 is 1.09 bits per heavy atom. The Kier molecular flexibility index (Phi) is 10.9. The topological polar surface area (TPSA) is 131 Å². The molecule has 1 heterocycles. The van der Waals surface area contributed by atoms with Crippen molar-refractivity contribution < 1.29 is 33.8 Å². The molecule has 1 aliphatic rings. The van der Waals surface area contributed by atoms with Crippen LogP contribution in [0.2, 0.25) is 0 Å². The smallest absolute Gasteiger partial charge is 0.309 e. The Bertz CT molecular complexity index is 893. The molecule has 35 heavy (non-hydrogen) atoms. The van der Waals surface area contributed by atoms with Crippen molar-refractivity contribution in [1.82, 2.24) is 10.6 Å². The molecule has 1 aromatic rings. The summed E-state index contributed by atoms with van der Waals surface area (Å²) in [5, 5.41) is 14.4. The van der Waals surface area contributed by atoms with Crippen LogP contribution in [0.25, 0.3) is 0 Å². The molecule has 0 radical (unpaired) electrons. The quantitative estimate of drug-likeness (QED) is 0.396. The average Bonchev–Trinajstić information content (AvgIpc) is 2.79. The first-order valence-corrected chi connectivity index (χ1v) is 11.9. The van der Waals surface area contributed by atoms with Crippen molar-refractivity contribution in [3.8, 4) is 0 Å². The summed E-state index contributed by atoms with van der Waals surface area (Å²) in [6.45, 7) is 5.07. The number of allylic oxidation sites excluding steroid dienone is 2. The summed E-state index contributed by atoms with van der Waals surface area (Å²) in [5.41, 5.74) is 0.0720. The van der Waals surface area contributed by atoms with E-state index in [-0.39, 0.29) is 57.3 Å². The van der Waals surface area contributed by atoms with Gasteiger partial charge in [-0.05, 0) is 39.2 Å². The molecule has 1 aliphatic heterocycles. The molecule has 3 N–H and O–H groups in total. The zero-order chi connectivity index (χ0) is 25.8. The summed E-state index contributed by atoms with van der Waals surface area (Å²) in [6, 6.07) is 8.46. The Morgan fingerprint density at radius 2 is 1.74 bits per heavy atom. The molecule has 0 fully saturated rings. The van der Waals surface area contributed by atoms with Gasteiger partial charge in [-0.1, -0.05) is 42.5 Å². The minimum atomic E-state index is -0.737. The first-order valence-electron chi connectivity index (χ1n) is 11.9. The van der Waals surface area contributed by atoms with Gasteiger partial charge >= 0.3 is 11.9 Å². The third kappa shape index (κ3) is 10.3. The van der Waals surface area contributed by atoms with Crippen molar-refractivity contribution in [2.75, 3.05) is 19.8 Å². The largest absolute Gasteiger partial charge is 0.463 e. The number of benzene rings is 1. The van der Waals surface area contributed by atoms with Gasteiger partial charge in [-0.3, -0.25) is 19.2 Å². The van der Waals surface area contributed by atoms with Crippen LogP contribution in [0, 0.1) is 11.8 Å². The van der Waals surface area contributed by atoms with Gasteiger partial charge in [0.15, 0.2) is 0 Å². The molecule has 1 aromatic carbocycles. The van der Waals surface area contributed by atoms with E-state index < -0.39 is 35.4 Å². The van der Waals surface area contributed by atoms with Crippen molar-refractivity contribution in [1.29, 1.82) is 0 Å². The number of rotatable bonds is 7. The van der Waals surface area contributed by atoms with Crippen LogP contribution in [0.3, 0.4) is 0 Å². The van der Waals surface area contributed by atoms with Crippen LogP contribution in [0.4, 0.5) is 0 Å². The van der Waals surface area contributed by atoms with Crippen LogP contribution in [0.1, 0.15) is 58.1 Å². The van der Waals surface area contributed by atoms with E-state index in [1.165, 1.54) is 0 Å². The highest BCUT2D eigenvalue weighted by Gasteiger charge is 2.29. The highest BCUT2D eigenvalue weighted by atomic mass is 16.6. The van der Waals surface area contributed by atoms with E-state index in [2.05, 4.69) is 10.6 Å². The lowest BCUT2D eigenvalue weighted by atomic mass is 9.96. The third-order valence-corrected chi connectivity index (χ3v) is 5.32. The minimum absolute atomic E-state index is 0.0567. The summed E-state index contributed by atoms with van der Waals surface area (Å²) >= 11 is 0. The molecular weight excluding hydrogens is 452 g/mol. The molecule has 3 atom stereocenters. The molecule has 0 aromatic heterocycles. The number of carbonyl (C=O) groups is 4. The number of hydrogen-bond donors (Lipinski definition) is 3. The van der Waals surface area contributed by atoms with Gasteiger partial charge in [-0.15, -0.1) is 0 Å². The lowest BCUT2D eigenvalue weighted by Gasteiger charge is -2.25. The van der Waals surface area contributed by atoms with E-state index in [9.17, 15) is 19.2 Å². The normalized spacial score (nSPS) is 22.6. The molecule has 0 aliphatic carbocycles. The first-order chi connectivity index (χ1) is 16.6. The molecule has 9 heteroatoms. The molecule has 2 amide bonds. The van der Waals surface area contributed by atoms with Gasteiger partial charge < -0.3 is 25.2 Å². The molecule has 0 saturated carbocycles. The van der Waals surface area contributed by atoms with E-state index in [4.69, 9.17) is 14.6 Å². The second kappa shape index (κ2) is 13.6. The Balaban J connectivity index is 2.24. The van der Waals surface area contributed by atoms with Gasteiger partial charge in [0.25, 0.3) is 0 Å². The van der Waals surface area contributed by atoms with Gasteiger partial charge in [0.05, 0.1) is 30.9 Å². The van der Waals surface area contributed by atoms with E-state index in [0.717, 1.165) is 5.56 Å². The lowest BCUT2D eigenvalue weighted by molar-refractivity contribution is -0.161. The van der Waals surface area contributed by atoms with Crippen molar-refractivity contribution in [3.05, 3.63) is 48.0 Å². The van der Waals surface area contributed by atoms with Gasteiger partial charge in [0.2, 0.25) is 11.8 Å². The second-order valence-electron chi connectivity index (χ2n) is 9.51. The second-order valence-corrected chi connectivity index (χ2v) is 9.51. The summed E-state index contributed by atoms with van der Waals surface area (Å²) in [6.07, 6.45) is 3.78. The zero-order valence-electron chi connectivity index (χ0n) is 20.6. The molecule has 0 bridgehead atoms. The lowest BCUT2D eigenvalue weighted by Crippen LogP contribution is -2.39. The minimum Gasteiger partial charge on any atom is -0.463 e. The fraction of sp³-hybridized carbons (Fsp3) is 0.538. The fourth-order valence-electron chi connectivity index (χ4n) is 3.62. The maximum absolute atomic E-state index is 13.1.